The number of rotatable bonds is 3. The van der Waals surface area contributed by atoms with Gasteiger partial charge >= 0.3 is 0 Å². The molecule has 0 fully saturated rings. The van der Waals surface area contributed by atoms with E-state index in [9.17, 15) is 4.79 Å². The molecule has 0 saturated heterocycles. The van der Waals surface area contributed by atoms with Crippen molar-refractivity contribution in [1.82, 2.24) is 4.98 Å². The Labute approximate surface area is 82.7 Å². The maximum absolute atomic E-state index is 11.1. The minimum atomic E-state index is -0.514. The topological polar surface area (TPSA) is 85.2 Å². The lowest BCUT2D eigenvalue weighted by atomic mass is 10.2. The number of nitrogen functional groups attached to an aromatic ring is 1. The first-order valence-corrected chi connectivity index (χ1v) is 4.32. The van der Waals surface area contributed by atoms with Crippen molar-refractivity contribution in [2.45, 2.75) is 6.92 Å². The molecule has 1 rings (SSSR count). The Morgan fingerprint density at radius 3 is 2.79 bits per heavy atom. The Kier molecular flexibility index (Phi) is 2.91. The molecule has 76 valence electrons. The molecule has 0 spiro atoms. The minimum absolute atomic E-state index is 0.356. The first-order chi connectivity index (χ1) is 6.56. The molecule has 5 nitrogen and oxygen atoms in total. The zero-order valence-electron chi connectivity index (χ0n) is 8.32. The van der Waals surface area contributed by atoms with Gasteiger partial charge in [-0.2, -0.15) is 0 Å². The Morgan fingerprint density at radius 1 is 1.64 bits per heavy atom. The summed E-state index contributed by atoms with van der Waals surface area (Å²) in [5.41, 5.74) is 11.5. The van der Waals surface area contributed by atoms with Crippen molar-refractivity contribution in [3.8, 4) is 0 Å². The molecule has 1 heterocycles. The van der Waals surface area contributed by atoms with Gasteiger partial charge in [0.1, 0.15) is 5.82 Å². The summed E-state index contributed by atoms with van der Waals surface area (Å²) in [7, 11) is 1.84. The van der Waals surface area contributed by atoms with Crippen LogP contribution in [0.25, 0.3) is 0 Å². The lowest BCUT2D eigenvalue weighted by Gasteiger charge is -2.17. The van der Waals surface area contributed by atoms with Gasteiger partial charge in [-0.1, -0.05) is 0 Å². The molecule has 0 radical (unpaired) electrons. The van der Waals surface area contributed by atoms with E-state index in [0.29, 0.717) is 17.1 Å². The predicted molar refractivity (Wildman–Crippen MR) is 56.1 cm³/mol. The number of pyridine rings is 1. The molecule has 1 amide bonds. The molecule has 0 aliphatic heterocycles. The SMILES string of the molecule is CCN(C)c1ncc(N)cc1C(N)=O. The van der Waals surface area contributed by atoms with Gasteiger partial charge in [0.05, 0.1) is 17.4 Å². The Hall–Kier alpha value is -1.78. The number of nitrogens with zero attached hydrogens (tertiary/aromatic N) is 2. The van der Waals surface area contributed by atoms with Gasteiger partial charge in [0.25, 0.3) is 5.91 Å². The van der Waals surface area contributed by atoms with Crippen molar-refractivity contribution in [3.05, 3.63) is 17.8 Å². The second-order valence-corrected chi connectivity index (χ2v) is 3.02. The van der Waals surface area contributed by atoms with Crippen molar-refractivity contribution in [3.63, 3.8) is 0 Å². The largest absolute Gasteiger partial charge is 0.397 e. The van der Waals surface area contributed by atoms with Crippen molar-refractivity contribution in [2.24, 2.45) is 5.73 Å². The maximum Gasteiger partial charge on any atom is 0.252 e. The van der Waals surface area contributed by atoms with Crippen LogP contribution in [0.15, 0.2) is 12.3 Å². The summed E-state index contributed by atoms with van der Waals surface area (Å²) >= 11 is 0. The normalized spacial score (nSPS) is 9.86. The third kappa shape index (κ3) is 1.93. The number of nitrogens with two attached hydrogens (primary N) is 2. The number of amides is 1. The van der Waals surface area contributed by atoms with Gasteiger partial charge in [-0.25, -0.2) is 4.98 Å². The van der Waals surface area contributed by atoms with Gasteiger partial charge in [-0.3, -0.25) is 4.79 Å². The summed E-state index contributed by atoms with van der Waals surface area (Å²) < 4.78 is 0. The van der Waals surface area contributed by atoms with Crippen molar-refractivity contribution in [2.75, 3.05) is 24.2 Å². The number of hydrogen-bond acceptors (Lipinski definition) is 4. The molecule has 0 atom stereocenters. The van der Waals surface area contributed by atoms with Crippen LogP contribution >= 0.6 is 0 Å². The smallest absolute Gasteiger partial charge is 0.252 e. The molecule has 0 bridgehead atoms. The van der Waals surface area contributed by atoms with Gasteiger partial charge in [0.2, 0.25) is 0 Å². The molecular weight excluding hydrogens is 180 g/mol. The third-order valence-corrected chi connectivity index (χ3v) is 1.99. The van der Waals surface area contributed by atoms with Gasteiger partial charge in [0, 0.05) is 13.6 Å². The summed E-state index contributed by atoms with van der Waals surface area (Å²) in [6, 6.07) is 1.54. The average molecular weight is 194 g/mol. The van der Waals surface area contributed by atoms with Crippen LogP contribution in [0.3, 0.4) is 0 Å². The monoisotopic (exact) mass is 194 g/mol. The number of hydrogen-bond donors (Lipinski definition) is 2. The summed E-state index contributed by atoms with van der Waals surface area (Å²) in [5.74, 6) is 0.0503. The minimum Gasteiger partial charge on any atom is -0.397 e. The quantitative estimate of drug-likeness (QED) is 0.720. The standard InChI is InChI=1S/C9H14N4O/c1-3-13(2)9-7(8(11)14)4-6(10)5-12-9/h4-5H,3,10H2,1-2H3,(H2,11,14). The molecule has 5 heteroatoms. The molecule has 4 N–H and O–H groups in total. The van der Waals surface area contributed by atoms with E-state index >= 15 is 0 Å². The van der Waals surface area contributed by atoms with E-state index in [-0.39, 0.29) is 0 Å². The molecule has 1 aromatic rings. The van der Waals surface area contributed by atoms with Crippen molar-refractivity contribution >= 4 is 17.4 Å². The van der Waals surface area contributed by atoms with Crippen molar-refractivity contribution < 1.29 is 4.79 Å². The molecule has 0 saturated carbocycles. The van der Waals surface area contributed by atoms with Gasteiger partial charge in [-0.05, 0) is 13.0 Å². The first-order valence-electron chi connectivity index (χ1n) is 4.32. The molecule has 0 unspecified atom stereocenters. The molecule has 1 aromatic heterocycles. The Balaban J connectivity index is 3.21. The summed E-state index contributed by atoms with van der Waals surface area (Å²) in [6.45, 7) is 2.71. The van der Waals surface area contributed by atoms with E-state index in [1.165, 1.54) is 12.3 Å². The van der Waals surface area contributed by atoms with Gasteiger partial charge < -0.3 is 16.4 Å². The predicted octanol–water partition coefficient (Wildman–Crippen LogP) is 0.219. The highest BCUT2D eigenvalue weighted by Crippen LogP contribution is 2.17. The first kappa shape index (κ1) is 10.3. The number of carbonyl (C=O) groups excluding carboxylic acids is 1. The van der Waals surface area contributed by atoms with Crippen LogP contribution in [0.2, 0.25) is 0 Å². The van der Waals surface area contributed by atoms with Crippen molar-refractivity contribution in [1.29, 1.82) is 0 Å². The van der Waals surface area contributed by atoms with Gasteiger partial charge in [-0.15, -0.1) is 0 Å². The second-order valence-electron chi connectivity index (χ2n) is 3.02. The van der Waals surface area contributed by atoms with E-state index in [1.54, 1.807) is 0 Å². The van der Waals surface area contributed by atoms with Crippen LogP contribution < -0.4 is 16.4 Å². The highest BCUT2D eigenvalue weighted by atomic mass is 16.1. The zero-order chi connectivity index (χ0) is 10.7. The molecular formula is C9H14N4O. The molecule has 14 heavy (non-hydrogen) atoms. The van der Waals surface area contributed by atoms with E-state index in [2.05, 4.69) is 4.98 Å². The van der Waals surface area contributed by atoms with Crippen LogP contribution in [0.1, 0.15) is 17.3 Å². The highest BCUT2D eigenvalue weighted by Gasteiger charge is 2.12. The molecule has 0 aromatic carbocycles. The van der Waals surface area contributed by atoms with Gasteiger partial charge in [0.15, 0.2) is 0 Å². The fraction of sp³-hybridized carbons (Fsp3) is 0.333. The van der Waals surface area contributed by atoms with E-state index < -0.39 is 5.91 Å². The lowest BCUT2D eigenvalue weighted by molar-refractivity contribution is 0.100. The number of aromatic nitrogens is 1. The molecule has 0 aliphatic carbocycles. The lowest BCUT2D eigenvalue weighted by Crippen LogP contribution is -2.23. The Morgan fingerprint density at radius 2 is 2.29 bits per heavy atom. The molecule has 0 aliphatic rings. The van der Waals surface area contributed by atoms with Crippen LogP contribution in [0, 0.1) is 0 Å². The second kappa shape index (κ2) is 3.95. The number of anilines is 2. The fourth-order valence-corrected chi connectivity index (χ4v) is 1.11. The van der Waals surface area contributed by atoms with Crippen LogP contribution in [-0.2, 0) is 0 Å². The van der Waals surface area contributed by atoms with E-state index in [0.717, 1.165) is 6.54 Å². The van der Waals surface area contributed by atoms with Crippen LogP contribution in [0.4, 0.5) is 11.5 Å². The van der Waals surface area contributed by atoms with Crippen LogP contribution in [-0.4, -0.2) is 24.5 Å². The Bertz CT molecular complexity index is 351. The average Bonchev–Trinajstić information content (AvgIpc) is 2.16. The summed E-state index contributed by atoms with van der Waals surface area (Å²) in [4.78, 5) is 17.0. The highest BCUT2D eigenvalue weighted by molar-refractivity contribution is 5.98. The number of primary amides is 1. The third-order valence-electron chi connectivity index (χ3n) is 1.99. The summed E-state index contributed by atoms with van der Waals surface area (Å²) in [5, 5.41) is 0. The maximum atomic E-state index is 11.1. The zero-order valence-corrected chi connectivity index (χ0v) is 8.32. The summed E-state index contributed by atoms with van der Waals surface area (Å²) in [6.07, 6.45) is 1.51. The van der Waals surface area contributed by atoms with E-state index in [1.807, 2.05) is 18.9 Å². The van der Waals surface area contributed by atoms with Crippen LogP contribution in [0.5, 0.6) is 0 Å². The number of carbonyl (C=O) groups is 1. The van der Waals surface area contributed by atoms with E-state index in [4.69, 9.17) is 11.5 Å². The fourth-order valence-electron chi connectivity index (χ4n) is 1.11.